The van der Waals surface area contributed by atoms with Crippen LogP contribution < -0.4 is 10.6 Å². The maximum Gasteiger partial charge on any atom is 0.295 e. The molecule has 1 atom stereocenters. The van der Waals surface area contributed by atoms with Gasteiger partial charge in [0.2, 0.25) is 0 Å². The van der Waals surface area contributed by atoms with Crippen molar-refractivity contribution in [3.05, 3.63) is 28.3 Å². The number of anilines is 1. The van der Waals surface area contributed by atoms with Gasteiger partial charge in [0.1, 0.15) is 5.52 Å². The van der Waals surface area contributed by atoms with Crippen LogP contribution in [-0.2, 0) is 0 Å². The summed E-state index contributed by atoms with van der Waals surface area (Å²) in [5.41, 5.74) is 1.07. The number of nitro benzene ring substituents is 1. The molecule has 0 amide bonds. The molecule has 3 rings (SSSR count). The van der Waals surface area contributed by atoms with Crippen LogP contribution in [0.1, 0.15) is 19.3 Å². The summed E-state index contributed by atoms with van der Waals surface area (Å²) in [6, 6.07) is 5.39. The average Bonchev–Trinajstić information content (AvgIpc) is 3.06. The Morgan fingerprint density at radius 2 is 2.45 bits per heavy atom. The van der Waals surface area contributed by atoms with Gasteiger partial charge < -0.3 is 15.1 Å². The van der Waals surface area contributed by atoms with E-state index in [0.717, 1.165) is 19.5 Å². The van der Waals surface area contributed by atoms with E-state index in [2.05, 4.69) is 15.6 Å². The molecule has 2 N–H and O–H groups in total. The van der Waals surface area contributed by atoms with Crippen LogP contribution in [0, 0.1) is 10.1 Å². The number of oxazole rings is 1. The average molecular weight is 276 g/mol. The minimum atomic E-state index is -0.438. The largest absolute Gasteiger partial charge is 0.424 e. The molecule has 1 aromatic carbocycles. The molecule has 20 heavy (non-hydrogen) atoms. The summed E-state index contributed by atoms with van der Waals surface area (Å²) in [5.74, 6) is 0. The third-order valence-electron chi connectivity index (χ3n) is 3.51. The number of hydrogen-bond donors (Lipinski definition) is 2. The number of nitro groups is 1. The van der Waals surface area contributed by atoms with Gasteiger partial charge in [0.15, 0.2) is 5.58 Å². The summed E-state index contributed by atoms with van der Waals surface area (Å²) in [6.07, 6.45) is 3.46. The van der Waals surface area contributed by atoms with E-state index < -0.39 is 4.92 Å². The summed E-state index contributed by atoms with van der Waals surface area (Å²) >= 11 is 0. The van der Waals surface area contributed by atoms with Gasteiger partial charge in [-0.05, 0) is 31.9 Å². The molecule has 1 aromatic heterocycles. The van der Waals surface area contributed by atoms with E-state index in [1.807, 2.05) is 0 Å². The maximum atomic E-state index is 10.7. The van der Waals surface area contributed by atoms with E-state index in [9.17, 15) is 10.1 Å². The second kappa shape index (κ2) is 5.46. The standard InChI is InChI=1S/C13H16N4O3/c18-17(19)10-3-4-12-11(8-10)16-13(20-12)15-7-5-9-2-1-6-14-9/h3-4,8-9,14H,1-2,5-7H2,(H,15,16)/t9-/m1/s1. The van der Waals surface area contributed by atoms with Crippen LogP contribution in [0.2, 0.25) is 0 Å². The Hall–Kier alpha value is -2.15. The van der Waals surface area contributed by atoms with Crippen molar-refractivity contribution in [3.8, 4) is 0 Å². The molecular formula is C13H16N4O3. The molecule has 0 spiro atoms. The lowest BCUT2D eigenvalue weighted by molar-refractivity contribution is -0.384. The van der Waals surface area contributed by atoms with Gasteiger partial charge >= 0.3 is 0 Å². The number of nitrogens with zero attached hydrogens (tertiary/aromatic N) is 2. The quantitative estimate of drug-likeness (QED) is 0.643. The van der Waals surface area contributed by atoms with E-state index >= 15 is 0 Å². The fourth-order valence-electron chi connectivity index (χ4n) is 2.46. The maximum absolute atomic E-state index is 10.7. The van der Waals surface area contributed by atoms with Crippen LogP contribution in [0.3, 0.4) is 0 Å². The molecular weight excluding hydrogens is 260 g/mol. The highest BCUT2D eigenvalue weighted by molar-refractivity contribution is 5.77. The molecule has 0 radical (unpaired) electrons. The summed E-state index contributed by atoms with van der Waals surface area (Å²) in [7, 11) is 0. The van der Waals surface area contributed by atoms with E-state index in [0.29, 0.717) is 23.2 Å². The van der Waals surface area contributed by atoms with Gasteiger partial charge in [0.05, 0.1) is 4.92 Å². The first-order valence-electron chi connectivity index (χ1n) is 6.74. The van der Waals surface area contributed by atoms with Gasteiger partial charge in [0.25, 0.3) is 11.7 Å². The first-order chi connectivity index (χ1) is 9.72. The second-order valence-corrected chi connectivity index (χ2v) is 4.94. The van der Waals surface area contributed by atoms with Crippen LogP contribution in [0.15, 0.2) is 22.6 Å². The summed E-state index contributed by atoms with van der Waals surface area (Å²) in [4.78, 5) is 14.5. The first-order valence-corrected chi connectivity index (χ1v) is 6.74. The summed E-state index contributed by atoms with van der Waals surface area (Å²) in [5, 5.41) is 17.2. The Labute approximate surface area is 115 Å². The zero-order valence-electron chi connectivity index (χ0n) is 11.0. The number of hydrogen-bond acceptors (Lipinski definition) is 6. The molecule has 106 valence electrons. The Bertz CT molecular complexity index is 619. The summed E-state index contributed by atoms with van der Waals surface area (Å²) in [6.45, 7) is 1.86. The number of aromatic nitrogens is 1. The van der Waals surface area contributed by atoms with Crippen molar-refractivity contribution in [2.45, 2.75) is 25.3 Å². The predicted octanol–water partition coefficient (Wildman–Crippen LogP) is 2.29. The van der Waals surface area contributed by atoms with E-state index in [1.165, 1.54) is 25.0 Å². The number of nitrogens with one attached hydrogen (secondary N) is 2. The van der Waals surface area contributed by atoms with E-state index in [1.54, 1.807) is 6.07 Å². The second-order valence-electron chi connectivity index (χ2n) is 4.94. The molecule has 0 aliphatic carbocycles. The number of fused-ring (bicyclic) bond motifs is 1. The minimum absolute atomic E-state index is 0.0208. The highest BCUT2D eigenvalue weighted by Gasteiger charge is 2.14. The Morgan fingerprint density at radius 3 is 3.20 bits per heavy atom. The van der Waals surface area contributed by atoms with Crippen molar-refractivity contribution in [3.63, 3.8) is 0 Å². The first kappa shape index (κ1) is 12.9. The fraction of sp³-hybridized carbons (Fsp3) is 0.462. The molecule has 1 saturated heterocycles. The topological polar surface area (TPSA) is 93.2 Å². The molecule has 0 saturated carbocycles. The van der Waals surface area contributed by atoms with Crippen LogP contribution >= 0.6 is 0 Å². The third-order valence-corrected chi connectivity index (χ3v) is 3.51. The highest BCUT2D eigenvalue weighted by atomic mass is 16.6. The van der Waals surface area contributed by atoms with Crippen LogP contribution in [0.25, 0.3) is 11.1 Å². The molecule has 1 aliphatic rings. The van der Waals surface area contributed by atoms with Crippen molar-refractivity contribution in [1.29, 1.82) is 0 Å². The Kier molecular flexibility index (Phi) is 3.51. The third kappa shape index (κ3) is 2.72. The minimum Gasteiger partial charge on any atom is -0.424 e. The lowest BCUT2D eigenvalue weighted by atomic mass is 10.2. The predicted molar refractivity (Wildman–Crippen MR) is 74.8 cm³/mol. The van der Waals surface area contributed by atoms with Gasteiger partial charge in [-0.15, -0.1) is 0 Å². The SMILES string of the molecule is O=[N+]([O-])c1ccc2oc(NCC[C@H]3CCCN3)nc2c1. The van der Waals surface area contributed by atoms with Crippen LogP contribution in [-0.4, -0.2) is 29.0 Å². The van der Waals surface area contributed by atoms with Gasteiger partial charge in [-0.25, -0.2) is 0 Å². The van der Waals surface area contributed by atoms with E-state index in [-0.39, 0.29) is 5.69 Å². The van der Waals surface area contributed by atoms with Gasteiger partial charge in [-0.1, -0.05) is 0 Å². The van der Waals surface area contributed by atoms with Crippen molar-refractivity contribution in [2.75, 3.05) is 18.4 Å². The van der Waals surface area contributed by atoms with Crippen molar-refractivity contribution >= 4 is 22.8 Å². The van der Waals surface area contributed by atoms with Gasteiger partial charge in [0, 0.05) is 24.7 Å². The van der Waals surface area contributed by atoms with E-state index in [4.69, 9.17) is 4.42 Å². The lowest BCUT2D eigenvalue weighted by Gasteiger charge is -2.09. The molecule has 0 bridgehead atoms. The highest BCUT2D eigenvalue weighted by Crippen LogP contribution is 2.23. The number of benzene rings is 1. The molecule has 2 heterocycles. The monoisotopic (exact) mass is 276 g/mol. The fourth-order valence-corrected chi connectivity index (χ4v) is 2.46. The van der Waals surface area contributed by atoms with Crippen LogP contribution in [0.4, 0.5) is 11.7 Å². The Morgan fingerprint density at radius 1 is 1.55 bits per heavy atom. The number of rotatable bonds is 5. The molecule has 1 fully saturated rings. The molecule has 7 nitrogen and oxygen atoms in total. The zero-order chi connectivity index (χ0) is 13.9. The molecule has 2 aromatic rings. The lowest BCUT2D eigenvalue weighted by Crippen LogP contribution is -2.24. The van der Waals surface area contributed by atoms with Crippen LogP contribution in [0.5, 0.6) is 0 Å². The molecule has 7 heteroatoms. The molecule has 0 unspecified atom stereocenters. The normalized spacial score (nSPS) is 18.5. The summed E-state index contributed by atoms with van der Waals surface area (Å²) < 4.78 is 5.50. The zero-order valence-corrected chi connectivity index (χ0v) is 11.0. The van der Waals surface area contributed by atoms with Crippen molar-refractivity contribution in [1.82, 2.24) is 10.3 Å². The Balaban J connectivity index is 1.64. The van der Waals surface area contributed by atoms with Crippen molar-refractivity contribution in [2.24, 2.45) is 0 Å². The van der Waals surface area contributed by atoms with Gasteiger partial charge in [-0.2, -0.15) is 4.98 Å². The number of non-ortho nitro benzene ring substituents is 1. The molecule has 1 aliphatic heterocycles. The smallest absolute Gasteiger partial charge is 0.295 e. The van der Waals surface area contributed by atoms with Crippen molar-refractivity contribution < 1.29 is 9.34 Å². The van der Waals surface area contributed by atoms with Gasteiger partial charge in [-0.3, -0.25) is 10.1 Å².